The number of rotatable bonds is 8. The molecule has 0 bridgehead atoms. The standard InChI is InChI=1S/C24H23IN2/c25-24-14-8-7-13-22(24)15-16-27(19-21-11-5-2-6-12-21)23(18-26)17-20-9-3-1-4-10-20/h1-14,23H,15-17,19H2. The van der Waals surface area contributed by atoms with Gasteiger partial charge in [0.1, 0.15) is 6.04 Å². The van der Waals surface area contributed by atoms with Crippen LogP contribution < -0.4 is 0 Å². The number of nitriles is 1. The lowest BCUT2D eigenvalue weighted by Crippen LogP contribution is -2.37. The van der Waals surface area contributed by atoms with Crippen LogP contribution in [-0.4, -0.2) is 17.5 Å². The molecule has 136 valence electrons. The van der Waals surface area contributed by atoms with E-state index in [0.717, 1.165) is 25.9 Å². The Kier molecular flexibility index (Phi) is 7.44. The van der Waals surface area contributed by atoms with E-state index in [9.17, 15) is 5.26 Å². The van der Waals surface area contributed by atoms with Crippen LogP contribution in [0.4, 0.5) is 0 Å². The third kappa shape index (κ3) is 5.92. The van der Waals surface area contributed by atoms with Crippen LogP contribution in [0.15, 0.2) is 84.9 Å². The smallest absolute Gasteiger partial charge is 0.102 e. The summed E-state index contributed by atoms with van der Waals surface area (Å²) < 4.78 is 1.28. The maximum Gasteiger partial charge on any atom is 0.102 e. The highest BCUT2D eigenvalue weighted by Crippen LogP contribution is 2.17. The molecule has 0 radical (unpaired) electrons. The highest BCUT2D eigenvalue weighted by molar-refractivity contribution is 14.1. The Hall–Kier alpha value is -2.16. The summed E-state index contributed by atoms with van der Waals surface area (Å²) in [6, 6.07) is 31.6. The van der Waals surface area contributed by atoms with Gasteiger partial charge in [0.05, 0.1) is 6.07 Å². The Morgan fingerprint density at radius 2 is 1.41 bits per heavy atom. The summed E-state index contributed by atoms with van der Waals surface area (Å²) in [4.78, 5) is 2.31. The predicted molar refractivity (Wildman–Crippen MR) is 119 cm³/mol. The quantitative estimate of drug-likeness (QED) is 0.412. The summed E-state index contributed by atoms with van der Waals surface area (Å²) in [7, 11) is 0. The fourth-order valence-electron chi connectivity index (χ4n) is 3.22. The number of nitrogens with zero attached hydrogens (tertiary/aromatic N) is 2. The summed E-state index contributed by atoms with van der Waals surface area (Å²) in [6.45, 7) is 1.65. The maximum absolute atomic E-state index is 9.89. The highest BCUT2D eigenvalue weighted by Gasteiger charge is 2.19. The van der Waals surface area contributed by atoms with E-state index in [1.54, 1.807) is 0 Å². The molecule has 0 aliphatic carbocycles. The van der Waals surface area contributed by atoms with Gasteiger partial charge in [-0.1, -0.05) is 78.9 Å². The fraction of sp³-hybridized carbons (Fsp3) is 0.208. The molecule has 3 aromatic carbocycles. The van der Waals surface area contributed by atoms with Gasteiger partial charge >= 0.3 is 0 Å². The molecule has 3 aromatic rings. The molecule has 0 saturated carbocycles. The van der Waals surface area contributed by atoms with E-state index in [-0.39, 0.29) is 6.04 Å². The number of benzene rings is 3. The van der Waals surface area contributed by atoms with E-state index in [4.69, 9.17) is 0 Å². The summed E-state index contributed by atoms with van der Waals surface area (Å²) in [5.41, 5.74) is 3.79. The first-order valence-electron chi connectivity index (χ1n) is 9.21. The average Bonchev–Trinajstić information content (AvgIpc) is 2.72. The molecule has 0 amide bonds. The lowest BCUT2D eigenvalue weighted by molar-refractivity contribution is 0.226. The topological polar surface area (TPSA) is 27.0 Å². The van der Waals surface area contributed by atoms with E-state index in [0.29, 0.717) is 0 Å². The molecule has 0 aromatic heterocycles. The van der Waals surface area contributed by atoms with Gasteiger partial charge in [-0.2, -0.15) is 5.26 Å². The van der Waals surface area contributed by atoms with Gasteiger partial charge in [-0.15, -0.1) is 0 Å². The van der Waals surface area contributed by atoms with E-state index >= 15 is 0 Å². The molecular formula is C24H23IN2. The van der Waals surface area contributed by atoms with Crippen LogP contribution in [0.5, 0.6) is 0 Å². The second-order valence-corrected chi connectivity index (χ2v) is 7.79. The van der Waals surface area contributed by atoms with E-state index in [1.807, 2.05) is 24.3 Å². The molecule has 1 unspecified atom stereocenters. The third-order valence-corrected chi connectivity index (χ3v) is 5.77. The molecule has 0 spiro atoms. The monoisotopic (exact) mass is 466 g/mol. The van der Waals surface area contributed by atoms with E-state index in [2.05, 4.69) is 94.2 Å². The van der Waals surface area contributed by atoms with Crippen molar-refractivity contribution in [1.29, 1.82) is 5.26 Å². The molecule has 0 fully saturated rings. The van der Waals surface area contributed by atoms with Crippen LogP contribution in [0.1, 0.15) is 16.7 Å². The Morgan fingerprint density at radius 1 is 0.815 bits per heavy atom. The summed E-state index contributed by atoms with van der Waals surface area (Å²) in [5.74, 6) is 0. The van der Waals surface area contributed by atoms with Gasteiger partial charge in [-0.05, 0) is 51.8 Å². The van der Waals surface area contributed by atoms with Crippen molar-refractivity contribution in [2.24, 2.45) is 0 Å². The number of hydrogen-bond donors (Lipinski definition) is 0. The summed E-state index contributed by atoms with van der Waals surface area (Å²) >= 11 is 2.39. The molecule has 0 aliphatic heterocycles. The first-order valence-corrected chi connectivity index (χ1v) is 10.3. The van der Waals surface area contributed by atoms with Crippen molar-refractivity contribution in [3.63, 3.8) is 0 Å². The Balaban J connectivity index is 1.77. The van der Waals surface area contributed by atoms with Gasteiger partial charge in [-0.3, -0.25) is 4.90 Å². The zero-order valence-corrected chi connectivity index (χ0v) is 17.4. The highest BCUT2D eigenvalue weighted by atomic mass is 127. The van der Waals surface area contributed by atoms with Crippen molar-refractivity contribution in [1.82, 2.24) is 4.90 Å². The van der Waals surface area contributed by atoms with Crippen molar-refractivity contribution < 1.29 is 0 Å². The van der Waals surface area contributed by atoms with E-state index < -0.39 is 0 Å². The van der Waals surface area contributed by atoms with Gasteiger partial charge in [-0.25, -0.2) is 0 Å². The second-order valence-electron chi connectivity index (χ2n) is 6.63. The van der Waals surface area contributed by atoms with Gasteiger partial charge in [0.15, 0.2) is 0 Å². The minimum Gasteiger partial charge on any atom is -0.283 e. The van der Waals surface area contributed by atoms with Gasteiger partial charge in [0.2, 0.25) is 0 Å². The van der Waals surface area contributed by atoms with Crippen LogP contribution in [0, 0.1) is 14.9 Å². The minimum atomic E-state index is -0.144. The number of halogens is 1. The zero-order valence-electron chi connectivity index (χ0n) is 15.3. The van der Waals surface area contributed by atoms with Crippen LogP contribution >= 0.6 is 22.6 Å². The van der Waals surface area contributed by atoms with Crippen molar-refractivity contribution in [2.45, 2.75) is 25.4 Å². The van der Waals surface area contributed by atoms with Crippen molar-refractivity contribution in [2.75, 3.05) is 6.54 Å². The van der Waals surface area contributed by atoms with Crippen LogP contribution in [0.3, 0.4) is 0 Å². The van der Waals surface area contributed by atoms with Crippen molar-refractivity contribution >= 4 is 22.6 Å². The zero-order chi connectivity index (χ0) is 18.9. The normalized spacial score (nSPS) is 11.9. The maximum atomic E-state index is 9.89. The average molecular weight is 466 g/mol. The van der Waals surface area contributed by atoms with Crippen LogP contribution in [0.2, 0.25) is 0 Å². The fourth-order valence-corrected chi connectivity index (χ4v) is 3.88. The van der Waals surface area contributed by atoms with E-state index in [1.165, 1.54) is 20.3 Å². The number of hydrogen-bond acceptors (Lipinski definition) is 2. The van der Waals surface area contributed by atoms with Gasteiger partial charge in [0, 0.05) is 23.1 Å². The predicted octanol–water partition coefficient (Wildman–Crippen LogP) is 5.47. The molecule has 1 atom stereocenters. The Bertz CT molecular complexity index is 872. The molecule has 0 heterocycles. The molecule has 2 nitrogen and oxygen atoms in total. The van der Waals surface area contributed by atoms with Crippen LogP contribution in [-0.2, 0) is 19.4 Å². The molecule has 3 rings (SSSR count). The molecule has 3 heteroatoms. The molecule has 27 heavy (non-hydrogen) atoms. The van der Waals surface area contributed by atoms with Crippen LogP contribution in [0.25, 0.3) is 0 Å². The molecular weight excluding hydrogens is 443 g/mol. The molecule has 0 saturated heterocycles. The van der Waals surface area contributed by atoms with Crippen molar-refractivity contribution in [3.05, 3.63) is 105 Å². The Morgan fingerprint density at radius 3 is 2.04 bits per heavy atom. The summed E-state index contributed by atoms with van der Waals surface area (Å²) in [6.07, 6.45) is 1.69. The minimum absolute atomic E-state index is 0.144. The Labute approximate surface area is 175 Å². The first-order chi connectivity index (χ1) is 13.3. The van der Waals surface area contributed by atoms with Gasteiger partial charge < -0.3 is 0 Å². The molecule has 0 N–H and O–H groups in total. The SMILES string of the molecule is N#CC(Cc1ccccc1)N(CCc1ccccc1I)Cc1ccccc1. The summed E-state index contributed by atoms with van der Waals surface area (Å²) in [5, 5.41) is 9.89. The first kappa shape index (κ1) is 19.6. The van der Waals surface area contributed by atoms with Gasteiger partial charge in [0.25, 0.3) is 0 Å². The second kappa shape index (κ2) is 10.2. The largest absolute Gasteiger partial charge is 0.283 e. The lowest BCUT2D eigenvalue weighted by Gasteiger charge is -2.27. The van der Waals surface area contributed by atoms with Crippen molar-refractivity contribution in [3.8, 4) is 6.07 Å². The third-order valence-electron chi connectivity index (χ3n) is 4.72. The lowest BCUT2D eigenvalue weighted by atomic mass is 10.0. The molecule has 0 aliphatic rings.